The van der Waals surface area contributed by atoms with Crippen molar-refractivity contribution >= 4 is 11.8 Å². The third-order valence-electron chi connectivity index (χ3n) is 5.47. The van der Waals surface area contributed by atoms with Crippen LogP contribution in [-0.2, 0) is 5.41 Å². The van der Waals surface area contributed by atoms with Gasteiger partial charge in [-0.15, -0.1) is 0 Å². The predicted octanol–water partition coefficient (Wildman–Crippen LogP) is 6.84. The average Bonchev–Trinajstić information content (AvgIpc) is 2.73. The quantitative estimate of drug-likeness (QED) is 0.330. The molecule has 1 aliphatic heterocycles. The molecular formula is C26H20S. The van der Waals surface area contributed by atoms with E-state index >= 15 is 0 Å². The zero-order valence-corrected chi connectivity index (χ0v) is 16.0. The summed E-state index contributed by atoms with van der Waals surface area (Å²) in [5.74, 6) is 0. The van der Waals surface area contributed by atoms with Crippen LogP contribution in [-0.4, -0.2) is 0 Å². The Bertz CT molecular complexity index is 1060. The normalized spacial score (nSPS) is 14.3. The molecule has 0 saturated heterocycles. The van der Waals surface area contributed by atoms with Gasteiger partial charge in [-0.2, -0.15) is 0 Å². The van der Waals surface area contributed by atoms with Crippen molar-refractivity contribution in [3.8, 4) is 0 Å². The maximum atomic E-state index is 2.33. The molecule has 0 saturated carbocycles. The zero-order chi connectivity index (χ0) is 18.3. The van der Waals surface area contributed by atoms with Crippen LogP contribution in [0.4, 0.5) is 0 Å². The second-order valence-electron chi connectivity index (χ2n) is 7.08. The van der Waals surface area contributed by atoms with Crippen LogP contribution >= 0.6 is 11.8 Å². The van der Waals surface area contributed by atoms with Crippen LogP contribution in [0.5, 0.6) is 0 Å². The fraction of sp³-hybridized carbons (Fsp3) is 0.0769. The highest BCUT2D eigenvalue weighted by Gasteiger charge is 2.43. The summed E-state index contributed by atoms with van der Waals surface area (Å²) >= 11 is 1.89. The first-order valence-corrected chi connectivity index (χ1v) is 10.1. The Kier molecular flexibility index (Phi) is 3.91. The van der Waals surface area contributed by atoms with Crippen molar-refractivity contribution < 1.29 is 0 Å². The third kappa shape index (κ3) is 2.46. The van der Waals surface area contributed by atoms with E-state index < -0.39 is 0 Å². The average molecular weight is 365 g/mol. The van der Waals surface area contributed by atoms with E-state index in [1.807, 2.05) is 11.8 Å². The lowest BCUT2D eigenvalue weighted by Gasteiger charge is -2.42. The molecule has 0 spiro atoms. The molecule has 1 heteroatoms. The molecule has 4 aromatic carbocycles. The van der Waals surface area contributed by atoms with Crippen LogP contribution in [0.25, 0.3) is 0 Å². The van der Waals surface area contributed by atoms with Gasteiger partial charge in [-0.05, 0) is 46.9 Å². The molecule has 1 aliphatic rings. The monoisotopic (exact) mass is 364 g/mol. The van der Waals surface area contributed by atoms with E-state index in [0.717, 1.165) is 0 Å². The van der Waals surface area contributed by atoms with Crippen LogP contribution in [0.3, 0.4) is 0 Å². The number of aryl methyl sites for hydroxylation is 1. The molecule has 27 heavy (non-hydrogen) atoms. The molecule has 0 aliphatic carbocycles. The minimum atomic E-state index is -0.298. The van der Waals surface area contributed by atoms with Gasteiger partial charge < -0.3 is 0 Å². The van der Waals surface area contributed by atoms with Crippen LogP contribution in [0, 0.1) is 6.92 Å². The van der Waals surface area contributed by atoms with E-state index in [9.17, 15) is 0 Å². The van der Waals surface area contributed by atoms with Gasteiger partial charge in [0.25, 0.3) is 0 Å². The Labute approximate surface area is 164 Å². The summed E-state index contributed by atoms with van der Waals surface area (Å²) in [6, 6.07) is 37.6. The smallest absolute Gasteiger partial charge is 0.0723 e. The molecule has 0 nitrogen and oxygen atoms in total. The molecule has 0 N–H and O–H groups in total. The van der Waals surface area contributed by atoms with Crippen molar-refractivity contribution in [2.75, 3.05) is 0 Å². The Morgan fingerprint density at radius 3 is 1.78 bits per heavy atom. The minimum absolute atomic E-state index is 0.298. The SMILES string of the molecule is Cc1ccc2c(c1)Sc1ccccc1C2(c1ccccc1)c1ccccc1. The van der Waals surface area contributed by atoms with Crippen LogP contribution in [0.2, 0.25) is 0 Å². The van der Waals surface area contributed by atoms with Gasteiger partial charge in [-0.1, -0.05) is 103 Å². The maximum Gasteiger partial charge on any atom is 0.0723 e. The number of benzene rings is 4. The van der Waals surface area contributed by atoms with Crippen LogP contribution in [0.15, 0.2) is 113 Å². The highest BCUT2D eigenvalue weighted by atomic mass is 32.2. The number of hydrogen-bond donors (Lipinski definition) is 0. The summed E-state index contributed by atoms with van der Waals surface area (Å²) in [5, 5.41) is 0. The molecule has 0 amide bonds. The number of rotatable bonds is 2. The van der Waals surface area contributed by atoms with Crippen molar-refractivity contribution in [1.82, 2.24) is 0 Å². The van der Waals surface area contributed by atoms with Gasteiger partial charge in [0.1, 0.15) is 0 Å². The van der Waals surface area contributed by atoms with Crippen molar-refractivity contribution in [2.45, 2.75) is 22.1 Å². The summed E-state index contributed by atoms with van der Waals surface area (Å²) in [6.45, 7) is 2.17. The minimum Gasteiger partial charge on any atom is -0.0894 e. The van der Waals surface area contributed by atoms with Gasteiger partial charge in [0.2, 0.25) is 0 Å². The van der Waals surface area contributed by atoms with Gasteiger partial charge in [-0.3, -0.25) is 0 Å². The molecule has 5 rings (SSSR count). The molecular weight excluding hydrogens is 344 g/mol. The van der Waals surface area contributed by atoms with Gasteiger partial charge >= 0.3 is 0 Å². The standard InChI is InChI=1S/C26H20S/c1-19-16-17-23-25(18-19)27-24-15-9-8-14-22(24)26(23,20-10-4-2-5-11-20)21-12-6-3-7-13-21/h2-18H,1H3. The lowest BCUT2D eigenvalue weighted by molar-refractivity contribution is 0.702. The largest absolute Gasteiger partial charge is 0.0894 e. The number of fused-ring (bicyclic) bond motifs is 2. The highest BCUT2D eigenvalue weighted by molar-refractivity contribution is 7.99. The molecule has 0 unspecified atom stereocenters. The molecule has 130 valence electrons. The Hall–Kier alpha value is -2.77. The van der Waals surface area contributed by atoms with Crippen molar-refractivity contribution in [3.05, 3.63) is 131 Å². The molecule has 0 bridgehead atoms. The summed E-state index contributed by atoms with van der Waals surface area (Å²) in [4.78, 5) is 2.68. The fourth-order valence-electron chi connectivity index (χ4n) is 4.32. The summed E-state index contributed by atoms with van der Waals surface area (Å²) in [7, 11) is 0. The van der Waals surface area contributed by atoms with E-state index in [-0.39, 0.29) is 5.41 Å². The lowest BCUT2D eigenvalue weighted by Crippen LogP contribution is -2.34. The predicted molar refractivity (Wildman–Crippen MR) is 114 cm³/mol. The molecule has 0 radical (unpaired) electrons. The van der Waals surface area contributed by atoms with Crippen molar-refractivity contribution in [1.29, 1.82) is 0 Å². The van der Waals surface area contributed by atoms with E-state index in [4.69, 9.17) is 0 Å². The van der Waals surface area contributed by atoms with E-state index in [1.165, 1.54) is 37.6 Å². The van der Waals surface area contributed by atoms with Gasteiger partial charge in [0.05, 0.1) is 5.41 Å². The zero-order valence-electron chi connectivity index (χ0n) is 15.2. The van der Waals surface area contributed by atoms with Crippen LogP contribution in [0.1, 0.15) is 27.8 Å². The molecule has 1 heterocycles. The molecule has 4 aromatic rings. The Morgan fingerprint density at radius 2 is 1.11 bits per heavy atom. The second kappa shape index (κ2) is 6.44. The van der Waals surface area contributed by atoms with Gasteiger partial charge in [0, 0.05) is 9.79 Å². The number of hydrogen-bond acceptors (Lipinski definition) is 1. The molecule has 0 aromatic heterocycles. The molecule has 0 atom stereocenters. The molecule has 0 fully saturated rings. The van der Waals surface area contributed by atoms with Gasteiger partial charge in [0.15, 0.2) is 0 Å². The van der Waals surface area contributed by atoms with Crippen molar-refractivity contribution in [3.63, 3.8) is 0 Å². The summed E-state index contributed by atoms with van der Waals surface area (Å²) < 4.78 is 0. The first kappa shape index (κ1) is 16.4. The second-order valence-corrected chi connectivity index (χ2v) is 8.16. The summed E-state index contributed by atoms with van der Waals surface area (Å²) in [5.41, 5.74) is 6.37. The first-order valence-electron chi connectivity index (χ1n) is 9.29. The maximum absolute atomic E-state index is 2.33. The van der Waals surface area contributed by atoms with E-state index in [2.05, 4.69) is 110 Å². The van der Waals surface area contributed by atoms with E-state index in [1.54, 1.807) is 0 Å². The summed E-state index contributed by atoms with van der Waals surface area (Å²) in [6.07, 6.45) is 0. The van der Waals surface area contributed by atoms with Crippen molar-refractivity contribution in [2.24, 2.45) is 0 Å². The Morgan fingerprint density at radius 1 is 0.556 bits per heavy atom. The Balaban J connectivity index is 1.97. The van der Waals surface area contributed by atoms with E-state index in [0.29, 0.717) is 0 Å². The first-order chi connectivity index (χ1) is 13.3. The third-order valence-corrected chi connectivity index (χ3v) is 6.60. The topological polar surface area (TPSA) is 0 Å². The van der Waals surface area contributed by atoms with Crippen LogP contribution < -0.4 is 0 Å². The lowest BCUT2D eigenvalue weighted by atomic mass is 9.65. The highest BCUT2D eigenvalue weighted by Crippen LogP contribution is 2.55. The van der Waals surface area contributed by atoms with Gasteiger partial charge in [-0.25, -0.2) is 0 Å². The fourth-order valence-corrected chi connectivity index (χ4v) is 5.61.